The van der Waals surface area contributed by atoms with Gasteiger partial charge in [-0.05, 0) is 34.2 Å². The van der Waals surface area contributed by atoms with E-state index in [4.69, 9.17) is 0 Å². The van der Waals surface area contributed by atoms with E-state index < -0.39 is 12.2 Å². The first-order chi connectivity index (χ1) is 7.37. The van der Waals surface area contributed by atoms with Gasteiger partial charge in [-0.2, -0.15) is 0 Å². The molecule has 3 nitrogen and oxygen atoms in total. The first kappa shape index (κ1) is 13.7. The van der Waals surface area contributed by atoms with Gasteiger partial charge in [-0.25, -0.2) is 4.98 Å². The van der Waals surface area contributed by atoms with Crippen LogP contribution in [0.15, 0.2) is 6.07 Å². The van der Waals surface area contributed by atoms with Crippen molar-refractivity contribution in [2.75, 3.05) is 0 Å². The Bertz CT molecular complexity index is 411. The highest BCUT2D eigenvalue weighted by molar-refractivity contribution is 14.1. The number of carbonyl (C=O) groups excluding carboxylic acids is 1. The predicted molar refractivity (Wildman–Crippen MR) is 61.7 cm³/mol. The zero-order valence-electron chi connectivity index (χ0n) is 7.52. The fraction of sp³-hybridized carbons (Fsp3) is 0.250. The molecule has 1 aromatic rings. The number of aromatic nitrogens is 1. The third-order valence-corrected chi connectivity index (χ3v) is 3.06. The lowest BCUT2D eigenvalue weighted by atomic mass is 10.2. The molecule has 1 heterocycles. The van der Waals surface area contributed by atoms with Crippen LogP contribution in [0.1, 0.15) is 15.9 Å². The molecule has 0 aliphatic heterocycles. The molecule has 0 aliphatic rings. The summed E-state index contributed by atoms with van der Waals surface area (Å²) < 4.78 is 39.9. The predicted octanol–water partition coefficient (Wildman–Crippen LogP) is 3.29. The third-order valence-electron chi connectivity index (χ3n) is 1.52. The maximum atomic E-state index is 12.0. The van der Waals surface area contributed by atoms with Crippen LogP contribution in [0.3, 0.4) is 0 Å². The lowest BCUT2D eigenvalue weighted by Gasteiger charge is -2.11. The second-order valence-corrected chi connectivity index (χ2v) is 4.21. The van der Waals surface area contributed by atoms with E-state index in [-0.39, 0.29) is 11.8 Å². The standard InChI is InChI=1S/C8H4BrF3INO2/c9-2-4-1-5(3-15)7(14-6(4)13)16-8(10,11)12/h1,3H,2H2. The van der Waals surface area contributed by atoms with Crippen molar-refractivity contribution >= 4 is 44.8 Å². The van der Waals surface area contributed by atoms with Crippen molar-refractivity contribution in [2.45, 2.75) is 11.7 Å². The molecule has 0 aromatic carbocycles. The molecule has 0 saturated carbocycles. The lowest BCUT2D eigenvalue weighted by molar-refractivity contribution is -0.276. The molecular formula is C8H4BrF3INO2. The number of hydrogen-bond donors (Lipinski definition) is 0. The molecule has 0 unspecified atom stereocenters. The van der Waals surface area contributed by atoms with Crippen molar-refractivity contribution in [2.24, 2.45) is 0 Å². The maximum absolute atomic E-state index is 12.0. The van der Waals surface area contributed by atoms with Gasteiger partial charge in [-0.1, -0.05) is 15.9 Å². The Hall–Kier alpha value is -0.380. The van der Waals surface area contributed by atoms with Gasteiger partial charge >= 0.3 is 6.36 Å². The smallest absolute Gasteiger partial charge is 0.387 e. The number of halogens is 5. The largest absolute Gasteiger partial charge is 0.574 e. The van der Waals surface area contributed by atoms with Crippen LogP contribution in [-0.4, -0.2) is 17.6 Å². The molecule has 0 aliphatic carbocycles. The summed E-state index contributed by atoms with van der Waals surface area (Å²) in [6.07, 6.45) is -4.58. The molecule has 0 fully saturated rings. The quantitative estimate of drug-likeness (QED) is 0.333. The summed E-state index contributed by atoms with van der Waals surface area (Å²) in [5.74, 6) is -0.725. The summed E-state index contributed by atoms with van der Waals surface area (Å²) in [4.78, 5) is 14.2. The van der Waals surface area contributed by atoms with Gasteiger partial charge < -0.3 is 4.74 Å². The summed E-state index contributed by atoms with van der Waals surface area (Å²) in [6.45, 7) is 0. The second kappa shape index (κ2) is 5.30. The molecule has 0 atom stereocenters. The molecule has 1 aromatic heterocycles. The molecule has 0 N–H and O–H groups in total. The Morgan fingerprint density at radius 3 is 2.62 bits per heavy atom. The zero-order valence-corrected chi connectivity index (χ0v) is 11.3. The van der Waals surface area contributed by atoms with Gasteiger partial charge in [0, 0.05) is 5.33 Å². The number of ether oxygens (including phenoxy) is 1. The van der Waals surface area contributed by atoms with Gasteiger partial charge in [0.1, 0.15) is 3.70 Å². The fourth-order valence-corrected chi connectivity index (χ4v) is 2.42. The minimum atomic E-state index is -4.86. The Labute approximate surface area is 111 Å². The van der Waals surface area contributed by atoms with Crippen molar-refractivity contribution in [1.29, 1.82) is 0 Å². The molecule has 0 amide bonds. The van der Waals surface area contributed by atoms with Crippen LogP contribution in [-0.2, 0) is 5.33 Å². The number of alkyl halides is 4. The molecular weight excluding hydrogens is 406 g/mol. The molecule has 0 bridgehead atoms. The van der Waals surface area contributed by atoms with E-state index in [2.05, 4.69) is 25.7 Å². The van der Waals surface area contributed by atoms with E-state index in [9.17, 15) is 18.0 Å². The van der Waals surface area contributed by atoms with Gasteiger partial charge in [0.15, 0.2) is 6.29 Å². The SMILES string of the molecule is O=Cc1cc(CBr)c(I)nc1OC(F)(F)F. The van der Waals surface area contributed by atoms with E-state index >= 15 is 0 Å². The minimum absolute atomic E-state index is 0.229. The molecule has 88 valence electrons. The molecule has 8 heteroatoms. The van der Waals surface area contributed by atoms with Gasteiger partial charge in [-0.3, -0.25) is 4.79 Å². The number of nitrogens with zero attached hydrogens (tertiary/aromatic N) is 1. The summed E-state index contributed by atoms with van der Waals surface area (Å²) >= 11 is 4.90. The van der Waals surface area contributed by atoms with Crippen LogP contribution in [0.2, 0.25) is 0 Å². The van der Waals surface area contributed by atoms with Gasteiger partial charge in [-0.15, -0.1) is 13.2 Å². The van der Waals surface area contributed by atoms with Crippen LogP contribution >= 0.6 is 38.5 Å². The van der Waals surface area contributed by atoms with Crippen LogP contribution < -0.4 is 4.74 Å². The van der Waals surface area contributed by atoms with Crippen molar-refractivity contribution in [3.63, 3.8) is 0 Å². The highest BCUT2D eigenvalue weighted by atomic mass is 127. The Morgan fingerprint density at radius 2 is 2.19 bits per heavy atom. The zero-order chi connectivity index (χ0) is 12.3. The molecule has 0 radical (unpaired) electrons. The van der Waals surface area contributed by atoms with E-state index in [1.807, 2.05) is 0 Å². The number of carbonyl (C=O) groups is 1. The molecule has 0 saturated heterocycles. The Morgan fingerprint density at radius 1 is 1.56 bits per heavy atom. The van der Waals surface area contributed by atoms with E-state index in [0.717, 1.165) is 0 Å². The van der Waals surface area contributed by atoms with Crippen LogP contribution in [0.5, 0.6) is 5.88 Å². The number of hydrogen-bond acceptors (Lipinski definition) is 3. The molecule has 16 heavy (non-hydrogen) atoms. The summed E-state index contributed by atoms with van der Waals surface area (Å²) in [5.41, 5.74) is 0.393. The topological polar surface area (TPSA) is 39.2 Å². The third kappa shape index (κ3) is 3.58. The fourth-order valence-electron chi connectivity index (χ4n) is 0.904. The van der Waals surface area contributed by atoms with Crippen molar-refractivity contribution < 1.29 is 22.7 Å². The average Bonchev–Trinajstić information content (AvgIpc) is 2.16. The van der Waals surface area contributed by atoms with E-state index in [1.54, 1.807) is 22.6 Å². The second-order valence-electron chi connectivity index (χ2n) is 2.63. The number of rotatable bonds is 3. The van der Waals surface area contributed by atoms with E-state index in [1.165, 1.54) is 6.07 Å². The normalized spacial score (nSPS) is 11.3. The van der Waals surface area contributed by atoms with Crippen molar-refractivity contribution in [3.8, 4) is 5.88 Å². The van der Waals surface area contributed by atoms with Crippen LogP contribution in [0.25, 0.3) is 0 Å². The van der Waals surface area contributed by atoms with Crippen LogP contribution in [0.4, 0.5) is 13.2 Å². The van der Waals surface area contributed by atoms with E-state index in [0.29, 0.717) is 14.6 Å². The van der Waals surface area contributed by atoms with Crippen molar-refractivity contribution in [3.05, 3.63) is 20.9 Å². The van der Waals surface area contributed by atoms with Gasteiger partial charge in [0.05, 0.1) is 5.56 Å². The highest BCUT2D eigenvalue weighted by Crippen LogP contribution is 2.26. The average molecular weight is 410 g/mol. The van der Waals surface area contributed by atoms with Gasteiger partial charge in [0.25, 0.3) is 0 Å². The Balaban J connectivity index is 3.18. The first-order valence-electron chi connectivity index (χ1n) is 3.83. The monoisotopic (exact) mass is 409 g/mol. The minimum Gasteiger partial charge on any atom is -0.387 e. The highest BCUT2D eigenvalue weighted by Gasteiger charge is 2.33. The molecule has 1 rings (SSSR count). The summed E-state index contributed by atoms with van der Waals surface area (Å²) in [6, 6.07) is 1.30. The summed E-state index contributed by atoms with van der Waals surface area (Å²) in [5, 5.41) is 0.394. The maximum Gasteiger partial charge on any atom is 0.574 e. The van der Waals surface area contributed by atoms with Crippen LogP contribution in [0, 0.1) is 3.70 Å². The Kier molecular flexibility index (Phi) is 4.53. The van der Waals surface area contributed by atoms with Gasteiger partial charge in [0.2, 0.25) is 5.88 Å². The number of aldehydes is 1. The summed E-state index contributed by atoms with van der Waals surface area (Å²) in [7, 11) is 0. The molecule has 0 spiro atoms. The first-order valence-corrected chi connectivity index (χ1v) is 6.03. The van der Waals surface area contributed by atoms with Crippen molar-refractivity contribution in [1.82, 2.24) is 4.98 Å². The lowest BCUT2D eigenvalue weighted by Crippen LogP contribution is -2.19. The number of pyridine rings is 1.